The standard InChI is InChI=1S/C23H32N4O4.C6H12O3/c1-2-6-21(28)26-23-19-11-10-18(27(19)25-15-24-23)20-12-9-17(31-20)14-30-22(29)13-16-7-4-3-5-8-16;1-6(2,3)5(8)9-4-7/h10-11,15-17,20H,2-9,12-14H2,1H3,(H,24,25,26,28);7H,4H2,1-3H3. The van der Waals surface area contributed by atoms with Gasteiger partial charge in [-0.25, -0.2) is 9.50 Å². The quantitative estimate of drug-likeness (QED) is 0.329. The molecule has 1 saturated carbocycles. The molecule has 2 aliphatic rings. The molecule has 1 aliphatic carbocycles. The van der Waals surface area contributed by atoms with Crippen LogP contribution >= 0.6 is 0 Å². The third-order valence-corrected chi connectivity index (χ3v) is 7.07. The van der Waals surface area contributed by atoms with Crippen LogP contribution in [0.25, 0.3) is 5.52 Å². The summed E-state index contributed by atoms with van der Waals surface area (Å²) in [4.78, 5) is 39.1. The minimum Gasteiger partial charge on any atom is -0.463 e. The SMILES string of the molecule is CC(C)(C)C(=O)OCO.CCCC(=O)Nc1ncnn2c(C3CCC(COC(=O)CC4CCCCC4)O3)ccc12. The minimum atomic E-state index is -0.532. The highest BCUT2D eigenvalue weighted by molar-refractivity contribution is 5.93. The smallest absolute Gasteiger partial charge is 0.313 e. The summed E-state index contributed by atoms with van der Waals surface area (Å²) >= 11 is 0. The summed E-state index contributed by atoms with van der Waals surface area (Å²) < 4.78 is 17.8. The molecule has 2 fully saturated rings. The number of aliphatic hydroxyl groups excluding tert-OH is 1. The van der Waals surface area contributed by atoms with E-state index in [0.29, 0.717) is 31.2 Å². The molecule has 2 N–H and O–H groups in total. The maximum Gasteiger partial charge on any atom is 0.313 e. The topological polar surface area (TPSA) is 141 Å². The van der Waals surface area contributed by atoms with E-state index in [1.165, 1.54) is 25.6 Å². The fourth-order valence-corrected chi connectivity index (χ4v) is 4.91. The van der Waals surface area contributed by atoms with Gasteiger partial charge in [0.1, 0.15) is 24.6 Å². The van der Waals surface area contributed by atoms with E-state index in [1.54, 1.807) is 25.3 Å². The predicted molar refractivity (Wildman–Crippen MR) is 148 cm³/mol. The number of carbonyl (C=O) groups is 3. The van der Waals surface area contributed by atoms with Gasteiger partial charge in [0.15, 0.2) is 12.6 Å². The Labute approximate surface area is 236 Å². The van der Waals surface area contributed by atoms with Crippen molar-refractivity contribution in [1.29, 1.82) is 0 Å². The van der Waals surface area contributed by atoms with Crippen LogP contribution in [-0.4, -0.2) is 57.1 Å². The summed E-state index contributed by atoms with van der Waals surface area (Å²) in [6, 6.07) is 3.86. The molecule has 3 heterocycles. The molecular weight excluding hydrogens is 516 g/mol. The van der Waals surface area contributed by atoms with Crippen molar-refractivity contribution in [3.63, 3.8) is 0 Å². The normalized spacial score (nSPS) is 19.5. The molecule has 0 bridgehead atoms. The van der Waals surface area contributed by atoms with Crippen molar-refractivity contribution in [2.24, 2.45) is 11.3 Å². The molecule has 1 aliphatic heterocycles. The number of nitrogens with one attached hydrogen (secondary N) is 1. The molecule has 2 aromatic heterocycles. The van der Waals surface area contributed by atoms with Crippen LogP contribution in [0.5, 0.6) is 0 Å². The lowest BCUT2D eigenvalue weighted by Gasteiger charge is -2.21. The van der Waals surface area contributed by atoms with E-state index < -0.39 is 12.2 Å². The predicted octanol–water partition coefficient (Wildman–Crippen LogP) is 4.73. The van der Waals surface area contributed by atoms with Crippen molar-refractivity contribution in [1.82, 2.24) is 14.6 Å². The van der Waals surface area contributed by atoms with Crippen molar-refractivity contribution < 1.29 is 33.7 Å². The van der Waals surface area contributed by atoms with Crippen molar-refractivity contribution in [2.45, 2.75) is 104 Å². The Kier molecular flexibility index (Phi) is 11.9. The number of aliphatic hydroxyl groups is 1. The van der Waals surface area contributed by atoms with Crippen molar-refractivity contribution in [2.75, 3.05) is 18.7 Å². The fourth-order valence-electron chi connectivity index (χ4n) is 4.91. The molecule has 4 rings (SSSR count). The maximum atomic E-state index is 12.2. The number of amides is 1. The number of hydrogen-bond acceptors (Lipinski definition) is 9. The van der Waals surface area contributed by atoms with E-state index in [-0.39, 0.29) is 30.1 Å². The lowest BCUT2D eigenvalue weighted by molar-refractivity contribution is -0.161. The molecule has 0 aromatic carbocycles. The van der Waals surface area contributed by atoms with Crippen LogP contribution in [0.1, 0.15) is 104 Å². The van der Waals surface area contributed by atoms with Gasteiger partial charge in [-0.1, -0.05) is 26.2 Å². The fraction of sp³-hybridized carbons (Fsp3) is 0.690. The van der Waals surface area contributed by atoms with E-state index >= 15 is 0 Å². The molecule has 2 atom stereocenters. The second kappa shape index (κ2) is 15.1. The zero-order chi connectivity index (χ0) is 29.1. The molecule has 1 amide bonds. The largest absolute Gasteiger partial charge is 0.463 e. The lowest BCUT2D eigenvalue weighted by Crippen LogP contribution is -2.23. The van der Waals surface area contributed by atoms with E-state index in [9.17, 15) is 14.4 Å². The highest BCUT2D eigenvalue weighted by Gasteiger charge is 2.30. The van der Waals surface area contributed by atoms with E-state index in [4.69, 9.17) is 14.6 Å². The zero-order valence-electron chi connectivity index (χ0n) is 24.2. The van der Waals surface area contributed by atoms with Gasteiger partial charge in [-0.2, -0.15) is 5.10 Å². The number of carbonyl (C=O) groups excluding carboxylic acids is 3. The van der Waals surface area contributed by atoms with E-state index in [0.717, 1.165) is 43.3 Å². The Morgan fingerprint density at radius 1 is 1.10 bits per heavy atom. The Balaban J connectivity index is 0.000000424. The number of fused-ring (bicyclic) bond motifs is 1. The lowest BCUT2D eigenvalue weighted by atomic mass is 9.87. The molecule has 2 unspecified atom stereocenters. The average molecular weight is 561 g/mol. The Hall–Kier alpha value is -3.05. The molecule has 11 heteroatoms. The summed E-state index contributed by atoms with van der Waals surface area (Å²) in [6.07, 6.45) is 10.7. The number of aromatic nitrogens is 3. The molecule has 1 saturated heterocycles. The zero-order valence-corrected chi connectivity index (χ0v) is 24.2. The Morgan fingerprint density at radius 3 is 2.50 bits per heavy atom. The molecule has 0 radical (unpaired) electrons. The average Bonchev–Trinajstić information content (AvgIpc) is 3.56. The van der Waals surface area contributed by atoms with Crippen molar-refractivity contribution >= 4 is 29.2 Å². The van der Waals surface area contributed by atoms with Gasteiger partial charge in [0.2, 0.25) is 5.91 Å². The molecule has 222 valence electrons. The third kappa shape index (κ3) is 9.26. The highest BCUT2D eigenvalue weighted by atomic mass is 16.6. The highest BCUT2D eigenvalue weighted by Crippen LogP contribution is 2.34. The first kappa shape index (κ1) is 31.5. The van der Waals surface area contributed by atoms with Crippen LogP contribution in [0.3, 0.4) is 0 Å². The van der Waals surface area contributed by atoms with Crippen LogP contribution in [0, 0.1) is 11.3 Å². The maximum absolute atomic E-state index is 12.2. The summed E-state index contributed by atoms with van der Waals surface area (Å²) in [5, 5.41) is 15.4. The first-order valence-electron chi connectivity index (χ1n) is 14.3. The summed E-state index contributed by atoms with van der Waals surface area (Å²) in [5.41, 5.74) is 1.15. The summed E-state index contributed by atoms with van der Waals surface area (Å²) in [6.45, 7) is 6.92. The second-order valence-electron chi connectivity index (χ2n) is 11.5. The minimum absolute atomic E-state index is 0.0573. The van der Waals surface area contributed by atoms with Gasteiger partial charge < -0.3 is 24.6 Å². The third-order valence-electron chi connectivity index (χ3n) is 7.07. The van der Waals surface area contributed by atoms with Crippen LogP contribution in [0.4, 0.5) is 5.82 Å². The number of anilines is 1. The van der Waals surface area contributed by atoms with Crippen molar-refractivity contribution in [3.05, 3.63) is 24.2 Å². The molecule has 40 heavy (non-hydrogen) atoms. The first-order chi connectivity index (χ1) is 19.1. The monoisotopic (exact) mass is 560 g/mol. The van der Waals surface area contributed by atoms with Gasteiger partial charge in [-0.15, -0.1) is 0 Å². The van der Waals surface area contributed by atoms with Crippen LogP contribution in [-0.2, 0) is 28.6 Å². The van der Waals surface area contributed by atoms with Gasteiger partial charge in [0, 0.05) is 12.8 Å². The van der Waals surface area contributed by atoms with E-state index in [1.807, 2.05) is 19.1 Å². The number of hydrogen-bond donors (Lipinski definition) is 2. The van der Waals surface area contributed by atoms with Crippen LogP contribution < -0.4 is 5.32 Å². The van der Waals surface area contributed by atoms with Gasteiger partial charge >= 0.3 is 11.9 Å². The Bertz CT molecular complexity index is 1120. The Morgan fingerprint density at radius 2 is 1.85 bits per heavy atom. The van der Waals surface area contributed by atoms with Gasteiger partial charge in [0.25, 0.3) is 0 Å². The molecule has 11 nitrogen and oxygen atoms in total. The van der Waals surface area contributed by atoms with Gasteiger partial charge in [-0.3, -0.25) is 14.4 Å². The number of esters is 2. The second-order valence-corrected chi connectivity index (χ2v) is 11.5. The molecule has 2 aromatic rings. The number of ether oxygens (including phenoxy) is 3. The molecule has 0 spiro atoms. The number of rotatable bonds is 9. The van der Waals surface area contributed by atoms with E-state index in [2.05, 4.69) is 20.1 Å². The van der Waals surface area contributed by atoms with Gasteiger partial charge in [-0.05, 0) is 70.9 Å². The van der Waals surface area contributed by atoms with Crippen LogP contribution in [0.2, 0.25) is 0 Å². The first-order valence-corrected chi connectivity index (χ1v) is 14.3. The summed E-state index contributed by atoms with van der Waals surface area (Å²) in [7, 11) is 0. The number of nitrogens with zero attached hydrogens (tertiary/aromatic N) is 3. The molecular formula is C29H44N4O7. The van der Waals surface area contributed by atoms with Gasteiger partial charge in [0.05, 0.1) is 17.2 Å². The summed E-state index contributed by atoms with van der Waals surface area (Å²) in [5.74, 6) is 0.443. The van der Waals surface area contributed by atoms with Crippen molar-refractivity contribution in [3.8, 4) is 0 Å². The van der Waals surface area contributed by atoms with Crippen LogP contribution in [0.15, 0.2) is 18.5 Å².